The van der Waals surface area contributed by atoms with Crippen molar-refractivity contribution in [2.75, 3.05) is 25.4 Å². The first-order chi connectivity index (χ1) is 10.3. The zero-order valence-corrected chi connectivity index (χ0v) is 14.0. The number of nitrogens with zero attached hydrogens (tertiary/aromatic N) is 3. The largest absolute Gasteiger partial charge is 0.303 e. The van der Waals surface area contributed by atoms with Crippen LogP contribution in [0.5, 0.6) is 0 Å². The maximum atomic E-state index is 12.4. The number of thiophene rings is 1. The molecule has 0 aromatic carbocycles. The molecule has 1 saturated heterocycles. The molecule has 3 heterocycles. The predicted octanol–water partition coefficient (Wildman–Crippen LogP) is 3.06. The Labute approximate surface area is 133 Å². The Hall–Kier alpha value is -0.850. The van der Waals surface area contributed by atoms with Crippen molar-refractivity contribution in [2.24, 2.45) is 0 Å². The van der Waals surface area contributed by atoms with Crippen molar-refractivity contribution < 1.29 is 0 Å². The molecule has 2 aromatic rings. The second-order valence-corrected chi connectivity index (χ2v) is 7.31. The zero-order valence-electron chi connectivity index (χ0n) is 12.4. The molecule has 0 bridgehead atoms. The number of aromatic nitrogens is 2. The van der Waals surface area contributed by atoms with Crippen LogP contribution in [0.15, 0.2) is 21.4 Å². The van der Waals surface area contributed by atoms with Crippen molar-refractivity contribution in [2.45, 2.75) is 37.9 Å². The van der Waals surface area contributed by atoms with Crippen LogP contribution >= 0.6 is 23.1 Å². The first-order valence-corrected chi connectivity index (χ1v) is 9.49. The van der Waals surface area contributed by atoms with Gasteiger partial charge in [0.05, 0.1) is 5.52 Å². The number of rotatable bonds is 5. The van der Waals surface area contributed by atoms with Gasteiger partial charge in [0, 0.05) is 18.8 Å². The first kappa shape index (κ1) is 15.1. The number of piperidine rings is 1. The van der Waals surface area contributed by atoms with E-state index in [0.29, 0.717) is 6.54 Å². The first-order valence-electron chi connectivity index (χ1n) is 7.63. The molecule has 4 nitrogen and oxygen atoms in total. The molecular weight excluding hydrogens is 302 g/mol. The van der Waals surface area contributed by atoms with Gasteiger partial charge in [-0.1, -0.05) is 18.2 Å². The van der Waals surface area contributed by atoms with Crippen LogP contribution < -0.4 is 5.56 Å². The summed E-state index contributed by atoms with van der Waals surface area (Å²) in [6, 6.07) is 1.94. The maximum Gasteiger partial charge on any atom is 0.272 e. The third kappa shape index (κ3) is 3.33. The zero-order chi connectivity index (χ0) is 14.7. The summed E-state index contributed by atoms with van der Waals surface area (Å²) >= 11 is 3.20. The predicted molar refractivity (Wildman–Crippen MR) is 90.6 cm³/mol. The Bertz CT molecular complexity index is 658. The van der Waals surface area contributed by atoms with Crippen molar-refractivity contribution in [3.8, 4) is 0 Å². The molecule has 0 amide bonds. The molecule has 0 spiro atoms. The van der Waals surface area contributed by atoms with Crippen LogP contribution in [0, 0.1) is 0 Å². The van der Waals surface area contributed by atoms with E-state index in [-0.39, 0.29) is 5.56 Å². The minimum atomic E-state index is 0.109. The number of fused-ring (bicyclic) bond motifs is 1. The molecule has 6 heteroatoms. The van der Waals surface area contributed by atoms with Crippen LogP contribution in [0.4, 0.5) is 0 Å². The highest BCUT2D eigenvalue weighted by atomic mass is 32.2. The summed E-state index contributed by atoms with van der Waals surface area (Å²) in [4.78, 5) is 19.6. The summed E-state index contributed by atoms with van der Waals surface area (Å²) in [5.74, 6) is 1.00. The average molecular weight is 323 g/mol. The molecule has 1 fully saturated rings. The summed E-state index contributed by atoms with van der Waals surface area (Å²) in [5.41, 5.74) is 0.952. The van der Waals surface area contributed by atoms with Gasteiger partial charge in [-0.05, 0) is 44.3 Å². The molecular formula is C15H21N3OS2. The lowest BCUT2D eigenvalue weighted by Crippen LogP contribution is -2.31. The minimum Gasteiger partial charge on any atom is -0.303 e. The molecule has 0 radical (unpaired) electrons. The smallest absolute Gasteiger partial charge is 0.272 e. The number of likely N-dealkylation sites (tertiary alicyclic amines) is 1. The van der Waals surface area contributed by atoms with Crippen LogP contribution in [-0.2, 0) is 6.54 Å². The van der Waals surface area contributed by atoms with Gasteiger partial charge in [-0.25, -0.2) is 4.98 Å². The van der Waals surface area contributed by atoms with E-state index in [0.717, 1.165) is 27.7 Å². The van der Waals surface area contributed by atoms with Gasteiger partial charge >= 0.3 is 0 Å². The summed E-state index contributed by atoms with van der Waals surface area (Å²) < 4.78 is 2.58. The van der Waals surface area contributed by atoms with E-state index in [2.05, 4.69) is 9.88 Å². The van der Waals surface area contributed by atoms with Crippen LogP contribution in [0.25, 0.3) is 10.2 Å². The fraction of sp³-hybridized carbons (Fsp3) is 0.600. The van der Waals surface area contributed by atoms with E-state index in [4.69, 9.17) is 0 Å². The lowest BCUT2D eigenvalue weighted by atomic mass is 10.1. The van der Waals surface area contributed by atoms with Crippen molar-refractivity contribution >= 4 is 33.3 Å². The van der Waals surface area contributed by atoms with Gasteiger partial charge in [0.25, 0.3) is 5.56 Å². The Balaban J connectivity index is 1.72. The van der Waals surface area contributed by atoms with Crippen molar-refractivity contribution in [1.82, 2.24) is 14.5 Å². The van der Waals surface area contributed by atoms with Gasteiger partial charge in [0.15, 0.2) is 5.16 Å². The van der Waals surface area contributed by atoms with E-state index < -0.39 is 0 Å². The van der Waals surface area contributed by atoms with E-state index >= 15 is 0 Å². The Morgan fingerprint density at radius 2 is 2.14 bits per heavy atom. The molecule has 0 unspecified atom stereocenters. The van der Waals surface area contributed by atoms with Crippen molar-refractivity contribution in [3.63, 3.8) is 0 Å². The molecule has 21 heavy (non-hydrogen) atoms. The second kappa shape index (κ2) is 6.94. The molecule has 0 atom stereocenters. The third-order valence-electron chi connectivity index (χ3n) is 3.93. The molecule has 114 valence electrons. The highest BCUT2D eigenvalue weighted by Gasteiger charge is 2.13. The quantitative estimate of drug-likeness (QED) is 0.626. The molecule has 0 N–H and O–H groups in total. The Kier molecular flexibility index (Phi) is 4.98. The number of thioether (sulfide) groups is 1. The summed E-state index contributed by atoms with van der Waals surface area (Å²) in [6.07, 6.45) is 4.02. The van der Waals surface area contributed by atoms with Crippen molar-refractivity contribution in [1.29, 1.82) is 0 Å². The molecule has 1 aliphatic rings. The molecule has 0 saturated carbocycles. The van der Waals surface area contributed by atoms with Gasteiger partial charge in [0.2, 0.25) is 0 Å². The number of hydrogen-bond donors (Lipinski definition) is 0. The molecule has 3 rings (SSSR count). The normalized spacial score (nSPS) is 16.6. The fourth-order valence-corrected chi connectivity index (χ4v) is 4.60. The van der Waals surface area contributed by atoms with Gasteiger partial charge in [0.1, 0.15) is 4.70 Å². The minimum absolute atomic E-state index is 0.109. The molecule has 0 aliphatic carbocycles. The average Bonchev–Trinajstić information content (AvgIpc) is 2.97. The second-order valence-electron chi connectivity index (χ2n) is 5.33. The summed E-state index contributed by atoms with van der Waals surface area (Å²) in [7, 11) is 0. The number of hydrogen-bond acceptors (Lipinski definition) is 5. The SMILES string of the molecule is CCn1c(SCCN2CCCCC2)nc2ccsc2c1=O. The monoisotopic (exact) mass is 323 g/mol. The Morgan fingerprint density at radius 3 is 2.90 bits per heavy atom. The van der Waals surface area contributed by atoms with Crippen LogP contribution in [-0.4, -0.2) is 39.8 Å². The Morgan fingerprint density at radius 1 is 1.33 bits per heavy atom. The summed E-state index contributed by atoms with van der Waals surface area (Å²) in [5, 5.41) is 2.81. The van der Waals surface area contributed by atoms with Gasteiger partial charge < -0.3 is 4.90 Å². The fourth-order valence-electron chi connectivity index (χ4n) is 2.76. The maximum absolute atomic E-state index is 12.4. The van der Waals surface area contributed by atoms with Crippen LogP contribution in [0.1, 0.15) is 26.2 Å². The van der Waals surface area contributed by atoms with E-state index in [1.54, 1.807) is 16.3 Å². The van der Waals surface area contributed by atoms with E-state index in [1.807, 2.05) is 18.4 Å². The standard InChI is InChI=1S/C15H21N3OS2/c1-2-18-14(19)13-12(6-10-20-13)16-15(18)21-11-9-17-7-4-3-5-8-17/h6,10H,2-5,7-9,11H2,1H3. The van der Waals surface area contributed by atoms with Crippen LogP contribution in [0.3, 0.4) is 0 Å². The highest BCUT2D eigenvalue weighted by Crippen LogP contribution is 2.21. The third-order valence-corrected chi connectivity index (χ3v) is 5.78. The van der Waals surface area contributed by atoms with E-state index in [9.17, 15) is 4.79 Å². The van der Waals surface area contributed by atoms with Crippen molar-refractivity contribution in [3.05, 3.63) is 21.8 Å². The molecule has 2 aromatic heterocycles. The highest BCUT2D eigenvalue weighted by molar-refractivity contribution is 7.99. The van der Waals surface area contributed by atoms with Gasteiger partial charge in [-0.2, -0.15) is 0 Å². The lowest BCUT2D eigenvalue weighted by Gasteiger charge is -2.26. The lowest BCUT2D eigenvalue weighted by molar-refractivity contribution is 0.242. The molecule has 1 aliphatic heterocycles. The van der Waals surface area contributed by atoms with E-state index in [1.165, 1.54) is 43.7 Å². The van der Waals surface area contributed by atoms with Gasteiger partial charge in [-0.15, -0.1) is 11.3 Å². The summed E-state index contributed by atoms with van der Waals surface area (Å²) in [6.45, 7) is 6.23. The topological polar surface area (TPSA) is 38.1 Å². The van der Waals surface area contributed by atoms with Gasteiger partial charge in [-0.3, -0.25) is 9.36 Å². The van der Waals surface area contributed by atoms with Crippen LogP contribution in [0.2, 0.25) is 0 Å².